The van der Waals surface area contributed by atoms with Gasteiger partial charge in [-0.25, -0.2) is 0 Å². The van der Waals surface area contributed by atoms with E-state index in [1.54, 1.807) is 24.0 Å². The number of likely N-dealkylation sites (tertiary alicyclic amines) is 2. The zero-order valence-corrected chi connectivity index (χ0v) is 14.4. The van der Waals surface area contributed by atoms with Crippen LogP contribution in [0.2, 0.25) is 0 Å². The molecule has 2 saturated heterocycles. The van der Waals surface area contributed by atoms with Crippen LogP contribution in [-0.4, -0.2) is 52.7 Å². The van der Waals surface area contributed by atoms with Crippen molar-refractivity contribution in [3.63, 3.8) is 0 Å². The first-order valence-electron chi connectivity index (χ1n) is 8.80. The molecule has 7 heteroatoms. The van der Waals surface area contributed by atoms with Gasteiger partial charge in [0.25, 0.3) is 11.6 Å². The van der Waals surface area contributed by atoms with Crippen LogP contribution in [0.25, 0.3) is 0 Å². The van der Waals surface area contributed by atoms with E-state index in [2.05, 4.69) is 0 Å². The number of carbonyl (C=O) groups excluding carboxylic acids is 2. The summed E-state index contributed by atoms with van der Waals surface area (Å²) in [6, 6.07) is 4.58. The molecule has 0 saturated carbocycles. The van der Waals surface area contributed by atoms with Gasteiger partial charge in [-0.15, -0.1) is 0 Å². The average Bonchev–Trinajstić information content (AvgIpc) is 3.15. The van der Waals surface area contributed by atoms with Gasteiger partial charge >= 0.3 is 0 Å². The standard InChI is InChI=1S/C18H23N3O4/c1-13-4-5-15(12-16(13)21(24)25)18(23)20-10-6-14(7-11-20)17(22)19-8-2-3-9-19/h4-5,12,14H,2-3,6-11H2,1H3. The van der Waals surface area contributed by atoms with Crippen molar-refractivity contribution in [2.75, 3.05) is 26.2 Å². The van der Waals surface area contributed by atoms with Gasteiger partial charge in [0.05, 0.1) is 4.92 Å². The maximum atomic E-state index is 12.6. The fourth-order valence-electron chi connectivity index (χ4n) is 3.65. The van der Waals surface area contributed by atoms with Crippen LogP contribution in [-0.2, 0) is 4.79 Å². The molecule has 1 aromatic rings. The first-order chi connectivity index (χ1) is 12.0. The normalized spacial score (nSPS) is 18.4. The Hall–Kier alpha value is -2.44. The lowest BCUT2D eigenvalue weighted by atomic mass is 9.94. The Morgan fingerprint density at radius 3 is 2.32 bits per heavy atom. The Morgan fingerprint density at radius 1 is 1.08 bits per heavy atom. The third kappa shape index (κ3) is 3.65. The molecule has 0 unspecified atom stereocenters. The SMILES string of the molecule is Cc1ccc(C(=O)N2CCC(C(=O)N3CCCC3)CC2)cc1[N+](=O)[O-]. The number of hydrogen-bond donors (Lipinski definition) is 0. The second-order valence-electron chi connectivity index (χ2n) is 6.86. The van der Waals surface area contributed by atoms with Gasteiger partial charge in [0.15, 0.2) is 0 Å². The molecule has 0 atom stereocenters. The van der Waals surface area contributed by atoms with E-state index in [0.717, 1.165) is 25.9 Å². The fourth-order valence-corrected chi connectivity index (χ4v) is 3.65. The monoisotopic (exact) mass is 345 g/mol. The minimum atomic E-state index is -0.465. The third-order valence-corrected chi connectivity index (χ3v) is 5.20. The molecule has 2 aliphatic heterocycles. The molecule has 0 aromatic heterocycles. The van der Waals surface area contributed by atoms with E-state index in [4.69, 9.17) is 0 Å². The molecule has 1 aromatic carbocycles. The maximum absolute atomic E-state index is 12.6. The first-order valence-corrected chi connectivity index (χ1v) is 8.80. The minimum Gasteiger partial charge on any atom is -0.342 e. The highest BCUT2D eigenvalue weighted by atomic mass is 16.6. The summed E-state index contributed by atoms with van der Waals surface area (Å²) in [5.41, 5.74) is 0.836. The number of nitro groups is 1. The number of amides is 2. The Balaban J connectivity index is 1.62. The summed E-state index contributed by atoms with van der Waals surface area (Å²) in [6.07, 6.45) is 3.48. The maximum Gasteiger partial charge on any atom is 0.273 e. The first kappa shape index (κ1) is 17.4. The van der Waals surface area contributed by atoms with Crippen LogP contribution >= 0.6 is 0 Å². The summed E-state index contributed by atoms with van der Waals surface area (Å²) in [5.74, 6) is 0.0141. The topological polar surface area (TPSA) is 83.8 Å². The van der Waals surface area contributed by atoms with Crippen LogP contribution in [0.1, 0.15) is 41.6 Å². The number of rotatable bonds is 3. The summed E-state index contributed by atoms with van der Waals surface area (Å²) >= 11 is 0. The molecule has 0 spiro atoms. The Morgan fingerprint density at radius 2 is 1.72 bits per heavy atom. The second kappa shape index (κ2) is 7.21. The summed E-state index contributed by atoms with van der Waals surface area (Å²) in [7, 11) is 0. The molecule has 134 valence electrons. The predicted molar refractivity (Wildman–Crippen MR) is 92.3 cm³/mol. The van der Waals surface area contributed by atoms with Gasteiger partial charge in [0.1, 0.15) is 0 Å². The quantitative estimate of drug-likeness (QED) is 0.622. The number of nitrogens with zero attached hydrogens (tertiary/aromatic N) is 3. The van der Waals surface area contributed by atoms with Crippen LogP contribution in [0.5, 0.6) is 0 Å². The fraction of sp³-hybridized carbons (Fsp3) is 0.556. The molecule has 2 aliphatic rings. The van der Waals surface area contributed by atoms with E-state index in [0.29, 0.717) is 37.1 Å². The number of benzene rings is 1. The molecule has 25 heavy (non-hydrogen) atoms. The van der Waals surface area contributed by atoms with Crippen molar-refractivity contribution in [3.05, 3.63) is 39.4 Å². The van der Waals surface area contributed by atoms with Gasteiger partial charge in [-0.2, -0.15) is 0 Å². The smallest absolute Gasteiger partial charge is 0.273 e. The van der Waals surface area contributed by atoms with E-state index in [9.17, 15) is 19.7 Å². The van der Waals surface area contributed by atoms with Gasteiger partial charge < -0.3 is 9.80 Å². The van der Waals surface area contributed by atoms with Crippen molar-refractivity contribution < 1.29 is 14.5 Å². The second-order valence-corrected chi connectivity index (χ2v) is 6.86. The number of piperidine rings is 1. The van der Waals surface area contributed by atoms with Crippen LogP contribution in [0.4, 0.5) is 5.69 Å². The highest BCUT2D eigenvalue weighted by Crippen LogP contribution is 2.25. The van der Waals surface area contributed by atoms with Crippen molar-refractivity contribution in [2.24, 2.45) is 5.92 Å². The van der Waals surface area contributed by atoms with Crippen molar-refractivity contribution >= 4 is 17.5 Å². The van der Waals surface area contributed by atoms with Crippen LogP contribution < -0.4 is 0 Å². The van der Waals surface area contributed by atoms with E-state index < -0.39 is 4.92 Å². The molecule has 3 rings (SSSR count). The Kier molecular flexibility index (Phi) is 5.01. The van der Waals surface area contributed by atoms with Gasteiger partial charge in [0.2, 0.25) is 5.91 Å². The summed E-state index contributed by atoms with van der Waals surface area (Å²) in [4.78, 5) is 39.3. The molecule has 2 fully saturated rings. The highest BCUT2D eigenvalue weighted by molar-refractivity contribution is 5.95. The molecule has 0 bridgehead atoms. The molecule has 2 heterocycles. The van der Waals surface area contributed by atoms with Crippen molar-refractivity contribution in [1.82, 2.24) is 9.80 Å². The van der Waals surface area contributed by atoms with Gasteiger partial charge in [-0.1, -0.05) is 6.07 Å². The van der Waals surface area contributed by atoms with Crippen molar-refractivity contribution in [1.29, 1.82) is 0 Å². The number of nitro benzene ring substituents is 1. The summed E-state index contributed by atoms with van der Waals surface area (Å²) < 4.78 is 0. The van der Waals surface area contributed by atoms with Gasteiger partial charge in [-0.05, 0) is 38.7 Å². The summed E-state index contributed by atoms with van der Waals surface area (Å²) in [5, 5.41) is 11.1. The molecule has 0 radical (unpaired) electrons. The largest absolute Gasteiger partial charge is 0.342 e. The van der Waals surface area contributed by atoms with Crippen LogP contribution in [0.15, 0.2) is 18.2 Å². The van der Waals surface area contributed by atoms with E-state index in [1.165, 1.54) is 6.07 Å². The van der Waals surface area contributed by atoms with E-state index in [-0.39, 0.29) is 23.4 Å². The predicted octanol–water partition coefficient (Wildman–Crippen LogP) is 2.38. The lowest BCUT2D eigenvalue weighted by Crippen LogP contribution is -2.43. The van der Waals surface area contributed by atoms with Gasteiger partial charge in [0, 0.05) is 49.3 Å². The number of aryl methyl sites for hydroxylation is 1. The minimum absolute atomic E-state index is 0.00509. The Bertz CT molecular complexity index is 690. The molecule has 0 N–H and O–H groups in total. The van der Waals surface area contributed by atoms with Gasteiger partial charge in [-0.3, -0.25) is 19.7 Å². The molecule has 7 nitrogen and oxygen atoms in total. The van der Waals surface area contributed by atoms with Crippen molar-refractivity contribution in [2.45, 2.75) is 32.6 Å². The van der Waals surface area contributed by atoms with Crippen LogP contribution in [0.3, 0.4) is 0 Å². The number of carbonyl (C=O) groups is 2. The zero-order valence-electron chi connectivity index (χ0n) is 14.4. The van der Waals surface area contributed by atoms with Crippen molar-refractivity contribution in [3.8, 4) is 0 Å². The summed E-state index contributed by atoms with van der Waals surface area (Å²) in [6.45, 7) is 4.40. The molecular weight excluding hydrogens is 322 g/mol. The average molecular weight is 345 g/mol. The molecular formula is C18H23N3O4. The zero-order chi connectivity index (χ0) is 18.0. The lowest BCUT2D eigenvalue weighted by Gasteiger charge is -2.33. The lowest BCUT2D eigenvalue weighted by molar-refractivity contribution is -0.385. The van der Waals surface area contributed by atoms with E-state index >= 15 is 0 Å². The van der Waals surface area contributed by atoms with E-state index in [1.807, 2.05) is 4.90 Å². The molecule has 2 amide bonds. The number of hydrogen-bond acceptors (Lipinski definition) is 4. The Labute approximate surface area is 146 Å². The third-order valence-electron chi connectivity index (χ3n) is 5.20. The molecule has 0 aliphatic carbocycles. The van der Waals surface area contributed by atoms with Crippen LogP contribution in [0, 0.1) is 23.0 Å². The highest BCUT2D eigenvalue weighted by Gasteiger charge is 2.31.